The zero-order valence-electron chi connectivity index (χ0n) is 17.4. The van der Waals surface area contributed by atoms with E-state index in [1.165, 1.54) is 6.07 Å². The van der Waals surface area contributed by atoms with Crippen LogP contribution in [-0.4, -0.2) is 42.6 Å². The van der Waals surface area contributed by atoms with Crippen LogP contribution in [0.5, 0.6) is 0 Å². The predicted molar refractivity (Wildman–Crippen MR) is 120 cm³/mol. The number of halogens is 1. The summed E-state index contributed by atoms with van der Waals surface area (Å²) in [6, 6.07) is 11.3. The Morgan fingerprint density at radius 3 is 3.06 bits per heavy atom. The molecule has 0 aliphatic heterocycles. The van der Waals surface area contributed by atoms with Crippen molar-refractivity contribution in [1.82, 2.24) is 24.3 Å². The average molecular weight is 428 g/mol. The van der Waals surface area contributed by atoms with Gasteiger partial charge in [-0.1, -0.05) is 13.0 Å². The number of hydrogen-bond donors (Lipinski definition) is 3. The number of aromatic nitrogens is 5. The van der Waals surface area contributed by atoms with Crippen molar-refractivity contribution in [2.45, 2.75) is 19.3 Å². The highest BCUT2D eigenvalue weighted by Crippen LogP contribution is 2.26. The van der Waals surface area contributed by atoms with Crippen LogP contribution in [0.15, 0.2) is 49.2 Å². The fraction of sp³-hybridized carbons (Fsp3) is 0.208. The number of aromatic amines is 1. The van der Waals surface area contributed by atoms with Gasteiger partial charge in [-0.05, 0) is 36.2 Å². The van der Waals surface area contributed by atoms with E-state index in [2.05, 4.69) is 32.4 Å². The highest BCUT2D eigenvalue weighted by Gasteiger charge is 2.16. The van der Waals surface area contributed by atoms with Gasteiger partial charge in [-0.25, -0.2) is 14.4 Å². The van der Waals surface area contributed by atoms with Crippen molar-refractivity contribution in [2.24, 2.45) is 0 Å². The van der Waals surface area contributed by atoms with Crippen molar-refractivity contribution in [3.05, 3.63) is 78.4 Å². The van der Waals surface area contributed by atoms with Crippen molar-refractivity contribution in [3.63, 3.8) is 0 Å². The number of H-pyrrole nitrogens is 1. The maximum atomic E-state index is 13.8. The van der Waals surface area contributed by atoms with Gasteiger partial charge in [0.1, 0.15) is 5.82 Å². The summed E-state index contributed by atoms with van der Waals surface area (Å²) in [4.78, 5) is 16.4. The molecule has 0 saturated carbocycles. The molecule has 3 N–H and O–H groups in total. The fourth-order valence-electron chi connectivity index (χ4n) is 3.80. The van der Waals surface area contributed by atoms with Gasteiger partial charge in [0, 0.05) is 53.9 Å². The molecule has 0 fully saturated rings. The molecular formula is C24H21FN6O. The van der Waals surface area contributed by atoms with Crippen LogP contribution in [0, 0.1) is 17.9 Å². The molecule has 0 saturated heterocycles. The van der Waals surface area contributed by atoms with E-state index in [0.717, 1.165) is 34.8 Å². The molecule has 0 aliphatic carbocycles. The fourth-order valence-corrected chi connectivity index (χ4v) is 3.80. The molecule has 0 amide bonds. The third kappa shape index (κ3) is 3.63. The van der Waals surface area contributed by atoms with Crippen molar-refractivity contribution in [3.8, 4) is 11.3 Å². The largest absolute Gasteiger partial charge is 0.396 e. The Labute approximate surface area is 184 Å². The maximum Gasteiger partial charge on any atom is 0.180 e. The molecule has 5 aromatic rings. The van der Waals surface area contributed by atoms with Gasteiger partial charge in [0.15, 0.2) is 11.5 Å². The molecule has 1 aromatic carbocycles. The minimum Gasteiger partial charge on any atom is -0.396 e. The highest BCUT2D eigenvalue weighted by molar-refractivity contribution is 5.81. The quantitative estimate of drug-likeness (QED) is 0.367. The Kier molecular flexibility index (Phi) is 5.17. The molecule has 4 aromatic heterocycles. The second-order valence-corrected chi connectivity index (χ2v) is 7.71. The molecule has 0 spiro atoms. The van der Waals surface area contributed by atoms with Crippen LogP contribution in [0.25, 0.3) is 27.8 Å². The molecule has 1 unspecified atom stereocenters. The lowest BCUT2D eigenvalue weighted by atomic mass is 10.1. The van der Waals surface area contributed by atoms with E-state index < -0.39 is 5.82 Å². The number of fused-ring (bicyclic) bond motifs is 2. The summed E-state index contributed by atoms with van der Waals surface area (Å²) in [6.07, 6.45) is 9.02. The Morgan fingerprint density at radius 2 is 2.22 bits per heavy atom. The standard InChI is InChI=1S/C24H21FN6O/c1-15(14-32)22-12-29-24-23(27-7-6-16-10-28-20-5-3-2-4-19(16)20)30-21(13-31(22)24)17-8-18(25)11-26-9-17/h2,4,8-13,15,28,32H,6-7,14H2,1H3,(H,27,30). The van der Waals surface area contributed by atoms with Crippen LogP contribution in [-0.2, 0) is 6.42 Å². The van der Waals surface area contributed by atoms with Crippen molar-refractivity contribution >= 4 is 22.4 Å². The third-order valence-electron chi connectivity index (χ3n) is 5.52. The van der Waals surface area contributed by atoms with E-state index in [1.54, 1.807) is 18.6 Å². The molecule has 4 heterocycles. The molecule has 160 valence electrons. The minimum atomic E-state index is -0.429. The summed E-state index contributed by atoms with van der Waals surface area (Å²) in [5, 5.41) is 14.1. The molecule has 32 heavy (non-hydrogen) atoms. The predicted octanol–water partition coefficient (Wildman–Crippen LogP) is 3.76. The van der Waals surface area contributed by atoms with E-state index in [9.17, 15) is 9.50 Å². The maximum absolute atomic E-state index is 13.8. The topological polar surface area (TPSA) is 91.1 Å². The van der Waals surface area contributed by atoms with E-state index in [1.807, 2.05) is 29.7 Å². The van der Waals surface area contributed by atoms with Gasteiger partial charge in [0.25, 0.3) is 0 Å². The molecule has 0 radical (unpaired) electrons. The first-order valence-electron chi connectivity index (χ1n) is 10.4. The van der Waals surface area contributed by atoms with Gasteiger partial charge in [0.05, 0.1) is 24.0 Å². The minimum absolute atomic E-state index is 0.00918. The van der Waals surface area contributed by atoms with E-state index in [0.29, 0.717) is 29.3 Å². The lowest BCUT2D eigenvalue weighted by molar-refractivity contribution is 0.270. The first-order chi connectivity index (χ1) is 15.6. The molecular weight excluding hydrogens is 407 g/mol. The second kappa shape index (κ2) is 8.29. The normalized spacial score (nSPS) is 12.2. The third-order valence-corrected chi connectivity index (χ3v) is 5.52. The number of aliphatic hydroxyl groups excluding tert-OH is 1. The summed E-state index contributed by atoms with van der Waals surface area (Å²) in [5.41, 5.74) is 4.72. The first kappa shape index (κ1) is 20.0. The molecule has 5 rings (SSSR count). The number of hydrogen-bond acceptors (Lipinski definition) is 5. The SMILES string of the molecule is CC(CO)c1cnc2c(NCCc3c[nH]c4c#cccc34)nc(-c3cncc(F)c3)cn12. The number of nitrogens with one attached hydrogen (secondary N) is 2. The summed E-state index contributed by atoms with van der Waals surface area (Å²) in [6.45, 7) is 2.54. The molecule has 8 heteroatoms. The van der Waals surface area contributed by atoms with E-state index >= 15 is 0 Å². The zero-order valence-corrected chi connectivity index (χ0v) is 17.4. The van der Waals surface area contributed by atoms with Crippen molar-refractivity contribution < 1.29 is 9.50 Å². The van der Waals surface area contributed by atoms with Crippen LogP contribution in [0.1, 0.15) is 24.1 Å². The Balaban J connectivity index is 1.50. The Bertz CT molecular complexity index is 1390. The molecule has 0 aliphatic rings. The summed E-state index contributed by atoms with van der Waals surface area (Å²) < 4.78 is 15.7. The van der Waals surface area contributed by atoms with Gasteiger partial charge in [0.2, 0.25) is 0 Å². The van der Waals surface area contributed by atoms with Gasteiger partial charge in [-0.2, -0.15) is 0 Å². The van der Waals surface area contributed by atoms with Crippen LogP contribution < -0.4 is 5.32 Å². The monoisotopic (exact) mass is 428 g/mol. The lowest BCUT2D eigenvalue weighted by Gasteiger charge is -2.13. The number of anilines is 1. The van der Waals surface area contributed by atoms with Crippen LogP contribution in [0.3, 0.4) is 0 Å². The number of aliphatic hydroxyl groups is 1. The summed E-state index contributed by atoms with van der Waals surface area (Å²) in [5.74, 6) is 0.0442. The Hall–Kier alpha value is -3.96. The van der Waals surface area contributed by atoms with Gasteiger partial charge >= 0.3 is 0 Å². The number of pyridine rings is 1. The lowest BCUT2D eigenvalue weighted by Crippen LogP contribution is -2.10. The number of rotatable bonds is 7. The number of imidazole rings is 1. The van der Waals surface area contributed by atoms with E-state index in [-0.39, 0.29) is 12.5 Å². The van der Waals surface area contributed by atoms with Crippen LogP contribution >= 0.6 is 0 Å². The average Bonchev–Trinajstić information content (AvgIpc) is 3.43. The van der Waals surface area contributed by atoms with E-state index in [4.69, 9.17) is 4.98 Å². The summed E-state index contributed by atoms with van der Waals surface area (Å²) >= 11 is 0. The van der Waals surface area contributed by atoms with Gasteiger partial charge in [-0.15, -0.1) is 0 Å². The highest BCUT2D eigenvalue weighted by atomic mass is 19.1. The molecule has 7 nitrogen and oxygen atoms in total. The number of nitrogens with zero attached hydrogens (tertiary/aromatic N) is 4. The van der Waals surface area contributed by atoms with Crippen LogP contribution in [0.4, 0.5) is 10.2 Å². The van der Waals surface area contributed by atoms with Crippen LogP contribution in [0.2, 0.25) is 0 Å². The Morgan fingerprint density at radius 1 is 1.31 bits per heavy atom. The van der Waals surface area contributed by atoms with Gasteiger partial charge < -0.3 is 15.4 Å². The second-order valence-electron chi connectivity index (χ2n) is 7.71. The smallest absolute Gasteiger partial charge is 0.180 e. The van der Waals surface area contributed by atoms with Gasteiger partial charge in [-0.3, -0.25) is 9.38 Å². The summed E-state index contributed by atoms with van der Waals surface area (Å²) in [7, 11) is 0. The molecule has 0 bridgehead atoms. The van der Waals surface area contributed by atoms with Crippen molar-refractivity contribution in [1.29, 1.82) is 0 Å². The zero-order chi connectivity index (χ0) is 22.1. The molecule has 1 atom stereocenters. The van der Waals surface area contributed by atoms with Crippen molar-refractivity contribution in [2.75, 3.05) is 18.5 Å². The first-order valence-corrected chi connectivity index (χ1v) is 10.4.